The van der Waals surface area contributed by atoms with E-state index in [1.165, 1.54) is 11.1 Å². The van der Waals surface area contributed by atoms with Crippen LogP contribution in [-0.4, -0.2) is 21.8 Å². The monoisotopic (exact) mass is 286 g/mol. The Morgan fingerprint density at radius 2 is 1.76 bits per heavy atom. The third-order valence-corrected chi connectivity index (χ3v) is 4.12. The van der Waals surface area contributed by atoms with E-state index in [1.54, 1.807) is 0 Å². The van der Waals surface area contributed by atoms with Crippen molar-refractivity contribution in [3.63, 3.8) is 0 Å². The SMILES string of the molecule is CCC(O)(CC)CNCc1ccn(Cc2ccccc2)c1. The fourth-order valence-electron chi connectivity index (χ4n) is 2.43. The van der Waals surface area contributed by atoms with E-state index in [4.69, 9.17) is 0 Å². The van der Waals surface area contributed by atoms with Gasteiger partial charge in [-0.05, 0) is 30.0 Å². The topological polar surface area (TPSA) is 37.2 Å². The molecule has 0 amide bonds. The smallest absolute Gasteiger partial charge is 0.0766 e. The van der Waals surface area contributed by atoms with Gasteiger partial charge in [0.25, 0.3) is 0 Å². The van der Waals surface area contributed by atoms with Crippen LogP contribution in [0.25, 0.3) is 0 Å². The summed E-state index contributed by atoms with van der Waals surface area (Å²) in [5, 5.41) is 13.6. The highest BCUT2D eigenvalue weighted by molar-refractivity contribution is 5.17. The first kappa shape index (κ1) is 15.8. The Bertz CT molecular complexity index is 529. The molecule has 0 atom stereocenters. The lowest BCUT2D eigenvalue weighted by molar-refractivity contribution is 0.0323. The van der Waals surface area contributed by atoms with Crippen LogP contribution < -0.4 is 5.32 Å². The summed E-state index contributed by atoms with van der Waals surface area (Å²) in [6.45, 7) is 6.39. The molecular weight excluding hydrogens is 260 g/mol. The third-order valence-electron chi connectivity index (χ3n) is 4.12. The van der Waals surface area contributed by atoms with Crippen molar-refractivity contribution in [3.8, 4) is 0 Å². The molecule has 0 aliphatic heterocycles. The molecular formula is C18H26N2O. The molecule has 114 valence electrons. The summed E-state index contributed by atoms with van der Waals surface area (Å²) < 4.78 is 2.19. The van der Waals surface area contributed by atoms with Gasteiger partial charge in [0.15, 0.2) is 0 Å². The number of benzene rings is 1. The molecule has 0 fully saturated rings. The lowest BCUT2D eigenvalue weighted by atomic mass is 9.97. The van der Waals surface area contributed by atoms with E-state index in [9.17, 15) is 5.11 Å². The molecule has 0 aliphatic rings. The van der Waals surface area contributed by atoms with Crippen LogP contribution in [0.15, 0.2) is 48.8 Å². The summed E-state index contributed by atoms with van der Waals surface area (Å²) in [7, 11) is 0. The van der Waals surface area contributed by atoms with E-state index >= 15 is 0 Å². The van der Waals surface area contributed by atoms with Gasteiger partial charge in [-0.25, -0.2) is 0 Å². The minimum absolute atomic E-state index is 0.577. The van der Waals surface area contributed by atoms with Gasteiger partial charge in [-0.15, -0.1) is 0 Å². The molecule has 3 nitrogen and oxygen atoms in total. The van der Waals surface area contributed by atoms with Gasteiger partial charge in [-0.3, -0.25) is 0 Å². The fourth-order valence-corrected chi connectivity index (χ4v) is 2.43. The summed E-state index contributed by atoms with van der Waals surface area (Å²) in [6, 6.07) is 12.6. The maximum atomic E-state index is 10.2. The number of rotatable bonds is 8. The first-order valence-electron chi connectivity index (χ1n) is 7.77. The van der Waals surface area contributed by atoms with E-state index in [2.05, 4.69) is 52.6 Å². The summed E-state index contributed by atoms with van der Waals surface area (Å²) in [4.78, 5) is 0. The average Bonchev–Trinajstić information content (AvgIpc) is 2.95. The number of nitrogens with zero attached hydrogens (tertiary/aromatic N) is 1. The Hall–Kier alpha value is -1.58. The lowest BCUT2D eigenvalue weighted by Crippen LogP contribution is -2.39. The second-order valence-corrected chi connectivity index (χ2v) is 5.71. The first-order chi connectivity index (χ1) is 10.1. The minimum atomic E-state index is -0.577. The van der Waals surface area contributed by atoms with Crippen molar-refractivity contribution < 1.29 is 5.11 Å². The van der Waals surface area contributed by atoms with Gasteiger partial charge in [0.1, 0.15) is 0 Å². The number of hydrogen-bond donors (Lipinski definition) is 2. The molecule has 0 spiro atoms. The van der Waals surface area contributed by atoms with Gasteiger partial charge in [0.2, 0.25) is 0 Å². The second-order valence-electron chi connectivity index (χ2n) is 5.71. The molecule has 0 unspecified atom stereocenters. The van der Waals surface area contributed by atoms with Crippen LogP contribution in [0.4, 0.5) is 0 Å². The zero-order chi connectivity index (χ0) is 15.1. The van der Waals surface area contributed by atoms with Crippen molar-refractivity contribution in [1.82, 2.24) is 9.88 Å². The molecule has 1 aromatic carbocycles. The third kappa shape index (κ3) is 4.73. The van der Waals surface area contributed by atoms with E-state index in [0.29, 0.717) is 6.54 Å². The first-order valence-corrected chi connectivity index (χ1v) is 7.77. The highest BCUT2D eigenvalue weighted by atomic mass is 16.3. The normalized spacial score (nSPS) is 11.8. The van der Waals surface area contributed by atoms with Crippen LogP contribution in [0.3, 0.4) is 0 Å². The van der Waals surface area contributed by atoms with E-state index < -0.39 is 5.60 Å². The maximum absolute atomic E-state index is 10.2. The zero-order valence-corrected chi connectivity index (χ0v) is 13.0. The highest BCUT2D eigenvalue weighted by Gasteiger charge is 2.21. The molecule has 2 rings (SSSR count). The Labute approximate surface area is 127 Å². The molecule has 0 aliphatic carbocycles. The Balaban J connectivity index is 1.83. The van der Waals surface area contributed by atoms with Crippen LogP contribution in [0.2, 0.25) is 0 Å². The quantitative estimate of drug-likeness (QED) is 0.782. The molecule has 0 radical (unpaired) electrons. The molecule has 0 bridgehead atoms. The molecule has 1 aromatic heterocycles. The van der Waals surface area contributed by atoms with Crippen molar-refractivity contribution in [2.45, 2.75) is 45.4 Å². The Morgan fingerprint density at radius 1 is 1.05 bits per heavy atom. The van der Waals surface area contributed by atoms with Crippen molar-refractivity contribution >= 4 is 0 Å². The highest BCUT2D eigenvalue weighted by Crippen LogP contribution is 2.13. The van der Waals surface area contributed by atoms with Gasteiger partial charge in [0.05, 0.1) is 5.60 Å². The van der Waals surface area contributed by atoms with Crippen LogP contribution in [0.1, 0.15) is 37.8 Å². The van der Waals surface area contributed by atoms with E-state index in [-0.39, 0.29) is 0 Å². The number of aromatic nitrogens is 1. The molecule has 3 heteroatoms. The van der Waals surface area contributed by atoms with Crippen molar-refractivity contribution in [1.29, 1.82) is 0 Å². The summed E-state index contributed by atoms with van der Waals surface area (Å²) in [6.07, 6.45) is 5.84. The zero-order valence-electron chi connectivity index (χ0n) is 13.0. The fraction of sp³-hybridized carbons (Fsp3) is 0.444. The van der Waals surface area contributed by atoms with E-state index in [0.717, 1.165) is 25.9 Å². The van der Waals surface area contributed by atoms with Crippen LogP contribution in [-0.2, 0) is 13.1 Å². The predicted octanol–water partition coefficient (Wildman–Crippen LogP) is 3.18. The second kappa shape index (κ2) is 7.43. The molecule has 1 heterocycles. The van der Waals surface area contributed by atoms with Gasteiger partial charge < -0.3 is 15.0 Å². The minimum Gasteiger partial charge on any atom is -0.389 e. The largest absolute Gasteiger partial charge is 0.389 e. The van der Waals surface area contributed by atoms with Gasteiger partial charge in [0, 0.05) is 32.0 Å². The molecule has 0 saturated carbocycles. The van der Waals surface area contributed by atoms with Crippen LogP contribution in [0.5, 0.6) is 0 Å². The van der Waals surface area contributed by atoms with Gasteiger partial charge in [-0.2, -0.15) is 0 Å². The van der Waals surface area contributed by atoms with Crippen LogP contribution >= 0.6 is 0 Å². The van der Waals surface area contributed by atoms with Crippen molar-refractivity contribution in [2.75, 3.05) is 6.54 Å². The predicted molar refractivity (Wildman–Crippen MR) is 87.2 cm³/mol. The Kier molecular flexibility index (Phi) is 5.59. The van der Waals surface area contributed by atoms with Crippen LogP contribution in [0, 0.1) is 0 Å². The van der Waals surface area contributed by atoms with Gasteiger partial charge >= 0.3 is 0 Å². The average molecular weight is 286 g/mol. The summed E-state index contributed by atoms with van der Waals surface area (Å²) in [5.74, 6) is 0. The number of hydrogen-bond acceptors (Lipinski definition) is 2. The standard InChI is InChI=1S/C18H26N2O/c1-3-18(21,4-2)15-19-12-17-10-11-20(14-17)13-16-8-6-5-7-9-16/h5-11,14,19,21H,3-4,12-13,15H2,1-2H3. The Morgan fingerprint density at radius 3 is 2.43 bits per heavy atom. The summed E-state index contributed by atoms with van der Waals surface area (Å²) in [5.41, 5.74) is 1.98. The molecule has 2 aromatic rings. The lowest BCUT2D eigenvalue weighted by Gasteiger charge is -2.25. The van der Waals surface area contributed by atoms with Crippen molar-refractivity contribution in [2.24, 2.45) is 0 Å². The maximum Gasteiger partial charge on any atom is 0.0766 e. The summed E-state index contributed by atoms with van der Waals surface area (Å²) >= 11 is 0. The van der Waals surface area contributed by atoms with E-state index in [1.807, 2.05) is 19.9 Å². The van der Waals surface area contributed by atoms with Crippen molar-refractivity contribution in [3.05, 3.63) is 59.9 Å². The number of aliphatic hydroxyl groups is 1. The molecule has 21 heavy (non-hydrogen) atoms. The number of nitrogens with one attached hydrogen (secondary N) is 1. The molecule has 0 saturated heterocycles. The molecule has 2 N–H and O–H groups in total. The van der Waals surface area contributed by atoms with Gasteiger partial charge in [-0.1, -0.05) is 44.2 Å².